The Kier molecular flexibility index (Phi) is 5.62. The van der Waals surface area contributed by atoms with Gasteiger partial charge in [-0.25, -0.2) is 4.79 Å². The van der Waals surface area contributed by atoms with Crippen molar-refractivity contribution in [3.63, 3.8) is 0 Å². The SMILES string of the molecule is COC(=O)NC(=S)Nc1ccccc1N=Cc1ccccc1. The Morgan fingerprint density at radius 2 is 1.82 bits per heavy atom. The van der Waals surface area contributed by atoms with E-state index >= 15 is 0 Å². The summed E-state index contributed by atoms with van der Waals surface area (Å²) < 4.78 is 4.49. The molecule has 0 spiro atoms. The first-order valence-electron chi connectivity index (χ1n) is 6.53. The lowest BCUT2D eigenvalue weighted by molar-refractivity contribution is 0.177. The second-order valence-electron chi connectivity index (χ2n) is 4.26. The quantitative estimate of drug-likeness (QED) is 0.672. The summed E-state index contributed by atoms with van der Waals surface area (Å²) in [6.07, 6.45) is 1.14. The molecule has 5 nitrogen and oxygen atoms in total. The van der Waals surface area contributed by atoms with E-state index in [2.05, 4.69) is 20.4 Å². The topological polar surface area (TPSA) is 62.7 Å². The molecule has 0 fully saturated rings. The lowest BCUT2D eigenvalue weighted by atomic mass is 10.2. The molecule has 112 valence electrons. The number of para-hydroxylation sites is 2. The fourth-order valence-electron chi connectivity index (χ4n) is 1.67. The molecular formula is C16H15N3O2S. The molecule has 1 amide bonds. The molecular weight excluding hydrogens is 298 g/mol. The number of hydrogen-bond acceptors (Lipinski definition) is 4. The van der Waals surface area contributed by atoms with Gasteiger partial charge in [0, 0.05) is 6.21 Å². The number of thiocarbonyl (C=S) groups is 1. The second-order valence-corrected chi connectivity index (χ2v) is 4.66. The molecule has 2 aromatic carbocycles. The highest BCUT2D eigenvalue weighted by Crippen LogP contribution is 2.24. The number of rotatable bonds is 3. The van der Waals surface area contributed by atoms with Gasteiger partial charge in [-0.1, -0.05) is 42.5 Å². The maximum absolute atomic E-state index is 11.1. The Morgan fingerprint density at radius 3 is 2.55 bits per heavy atom. The monoisotopic (exact) mass is 313 g/mol. The first-order chi connectivity index (χ1) is 10.7. The van der Waals surface area contributed by atoms with E-state index in [1.165, 1.54) is 7.11 Å². The fraction of sp³-hybridized carbons (Fsp3) is 0.0625. The molecule has 0 saturated heterocycles. The van der Waals surface area contributed by atoms with Crippen molar-refractivity contribution in [2.45, 2.75) is 0 Å². The molecule has 0 aromatic heterocycles. The number of nitrogens with zero attached hydrogens (tertiary/aromatic N) is 1. The van der Waals surface area contributed by atoms with Crippen LogP contribution in [0.5, 0.6) is 0 Å². The van der Waals surface area contributed by atoms with Gasteiger partial charge in [-0.2, -0.15) is 0 Å². The zero-order chi connectivity index (χ0) is 15.8. The van der Waals surface area contributed by atoms with Crippen molar-refractivity contribution in [3.8, 4) is 0 Å². The van der Waals surface area contributed by atoms with Crippen LogP contribution in [0.25, 0.3) is 0 Å². The Bertz CT molecular complexity index is 687. The number of methoxy groups -OCH3 is 1. The highest BCUT2D eigenvalue weighted by Gasteiger charge is 2.06. The number of ether oxygens (including phenoxy) is 1. The van der Waals surface area contributed by atoms with E-state index in [0.717, 1.165) is 5.56 Å². The number of carbonyl (C=O) groups is 1. The van der Waals surface area contributed by atoms with Crippen molar-refractivity contribution in [2.24, 2.45) is 4.99 Å². The molecule has 0 radical (unpaired) electrons. The van der Waals surface area contributed by atoms with Crippen LogP contribution in [0.15, 0.2) is 59.6 Å². The molecule has 0 unspecified atom stereocenters. The van der Waals surface area contributed by atoms with Gasteiger partial charge in [-0.05, 0) is 29.9 Å². The summed E-state index contributed by atoms with van der Waals surface area (Å²) in [6, 6.07) is 17.2. The number of amides is 1. The largest absolute Gasteiger partial charge is 0.453 e. The lowest BCUT2D eigenvalue weighted by Gasteiger charge is -2.10. The van der Waals surface area contributed by atoms with Gasteiger partial charge in [0.1, 0.15) is 0 Å². The first-order valence-corrected chi connectivity index (χ1v) is 6.94. The maximum atomic E-state index is 11.1. The molecule has 6 heteroatoms. The van der Waals surface area contributed by atoms with Crippen LogP contribution in [0.3, 0.4) is 0 Å². The summed E-state index contributed by atoms with van der Waals surface area (Å²) in [5, 5.41) is 5.45. The molecule has 0 saturated carbocycles. The molecule has 2 rings (SSSR count). The van der Waals surface area contributed by atoms with Gasteiger partial charge in [0.15, 0.2) is 5.11 Å². The number of nitrogens with one attached hydrogen (secondary N) is 2. The van der Waals surface area contributed by atoms with Crippen LogP contribution >= 0.6 is 12.2 Å². The second kappa shape index (κ2) is 7.90. The minimum absolute atomic E-state index is 0.147. The highest BCUT2D eigenvalue weighted by molar-refractivity contribution is 7.80. The van der Waals surface area contributed by atoms with Crippen LogP contribution in [0.4, 0.5) is 16.2 Å². The highest BCUT2D eigenvalue weighted by atomic mass is 32.1. The Labute approximate surface area is 134 Å². The smallest absolute Gasteiger partial charge is 0.413 e. The van der Waals surface area contributed by atoms with E-state index < -0.39 is 6.09 Å². The van der Waals surface area contributed by atoms with Crippen molar-refractivity contribution >= 4 is 41.0 Å². The van der Waals surface area contributed by atoms with E-state index in [9.17, 15) is 4.79 Å². The summed E-state index contributed by atoms with van der Waals surface area (Å²) in [4.78, 5) is 15.6. The average Bonchev–Trinajstić information content (AvgIpc) is 2.54. The summed E-state index contributed by atoms with van der Waals surface area (Å²) in [5.74, 6) is 0. The summed E-state index contributed by atoms with van der Waals surface area (Å²) >= 11 is 5.04. The standard InChI is InChI=1S/C16H15N3O2S/c1-21-16(20)19-15(22)18-14-10-6-5-9-13(14)17-11-12-7-3-2-4-8-12/h2-11H,1H3,(H2,18,19,20,22). The number of benzene rings is 2. The average molecular weight is 313 g/mol. The third-order valence-electron chi connectivity index (χ3n) is 2.71. The fourth-order valence-corrected chi connectivity index (χ4v) is 1.87. The van der Waals surface area contributed by atoms with Gasteiger partial charge in [-0.15, -0.1) is 0 Å². The van der Waals surface area contributed by atoms with Crippen LogP contribution in [0, 0.1) is 0 Å². The Morgan fingerprint density at radius 1 is 1.14 bits per heavy atom. The Hall–Kier alpha value is -2.73. The number of aliphatic imine (C=N–C) groups is 1. The van der Waals surface area contributed by atoms with Crippen LogP contribution in [0.1, 0.15) is 5.56 Å². The van der Waals surface area contributed by atoms with Gasteiger partial charge in [-0.3, -0.25) is 10.3 Å². The van der Waals surface area contributed by atoms with Gasteiger partial charge in [0.2, 0.25) is 0 Å². The van der Waals surface area contributed by atoms with E-state index in [-0.39, 0.29) is 5.11 Å². The summed E-state index contributed by atoms with van der Waals surface area (Å²) in [5.41, 5.74) is 2.39. The molecule has 0 atom stereocenters. The van der Waals surface area contributed by atoms with E-state index in [4.69, 9.17) is 12.2 Å². The molecule has 22 heavy (non-hydrogen) atoms. The predicted octanol–water partition coefficient (Wildman–Crippen LogP) is 3.49. The zero-order valence-corrected chi connectivity index (χ0v) is 12.8. The molecule has 2 N–H and O–H groups in total. The minimum atomic E-state index is -0.622. The first kappa shape index (κ1) is 15.7. The molecule has 0 heterocycles. The van der Waals surface area contributed by atoms with Crippen molar-refractivity contribution in [3.05, 3.63) is 60.2 Å². The third-order valence-corrected chi connectivity index (χ3v) is 2.91. The Balaban J connectivity index is 2.11. The zero-order valence-electron chi connectivity index (χ0n) is 11.9. The summed E-state index contributed by atoms with van der Waals surface area (Å²) in [6.45, 7) is 0. The molecule has 0 bridgehead atoms. The summed E-state index contributed by atoms with van der Waals surface area (Å²) in [7, 11) is 1.27. The maximum Gasteiger partial charge on any atom is 0.413 e. The van der Waals surface area contributed by atoms with Crippen molar-refractivity contribution in [1.29, 1.82) is 0 Å². The number of anilines is 1. The van der Waals surface area contributed by atoms with Crippen molar-refractivity contribution in [1.82, 2.24) is 5.32 Å². The van der Waals surface area contributed by atoms with Crippen LogP contribution < -0.4 is 10.6 Å². The van der Waals surface area contributed by atoms with Crippen molar-refractivity contribution in [2.75, 3.05) is 12.4 Å². The lowest BCUT2D eigenvalue weighted by Crippen LogP contribution is -2.33. The van der Waals surface area contributed by atoms with Gasteiger partial charge in [0.25, 0.3) is 0 Å². The van der Waals surface area contributed by atoms with Crippen molar-refractivity contribution < 1.29 is 9.53 Å². The van der Waals surface area contributed by atoms with Gasteiger partial charge < -0.3 is 10.1 Å². The minimum Gasteiger partial charge on any atom is -0.453 e. The van der Waals surface area contributed by atoms with Crippen LogP contribution in [0.2, 0.25) is 0 Å². The van der Waals surface area contributed by atoms with Gasteiger partial charge in [0.05, 0.1) is 18.5 Å². The van der Waals surface area contributed by atoms with Crippen LogP contribution in [-0.2, 0) is 4.74 Å². The molecule has 2 aromatic rings. The van der Waals surface area contributed by atoms with E-state index in [1.54, 1.807) is 6.21 Å². The van der Waals surface area contributed by atoms with Gasteiger partial charge >= 0.3 is 6.09 Å². The van der Waals surface area contributed by atoms with E-state index in [1.807, 2.05) is 54.6 Å². The number of alkyl carbamates (subject to hydrolysis) is 1. The van der Waals surface area contributed by atoms with Crippen LogP contribution in [-0.4, -0.2) is 24.5 Å². The molecule has 0 aliphatic rings. The number of carbonyl (C=O) groups excluding carboxylic acids is 1. The third kappa shape index (κ3) is 4.68. The molecule has 0 aliphatic heterocycles. The molecule has 0 aliphatic carbocycles. The number of hydrogen-bond donors (Lipinski definition) is 2. The van der Waals surface area contributed by atoms with E-state index in [0.29, 0.717) is 11.4 Å². The predicted molar refractivity (Wildman–Crippen MR) is 91.9 cm³/mol. The normalized spacial score (nSPS) is 10.2.